The summed E-state index contributed by atoms with van der Waals surface area (Å²) in [5.41, 5.74) is 4.49. The van der Waals surface area contributed by atoms with Gasteiger partial charge in [-0.15, -0.1) is 0 Å². The Morgan fingerprint density at radius 1 is 1.42 bits per heavy atom. The van der Waals surface area contributed by atoms with E-state index in [4.69, 9.17) is 4.74 Å². The maximum atomic E-state index is 12.3. The van der Waals surface area contributed by atoms with Crippen LogP contribution >= 0.6 is 11.9 Å². The Balaban J connectivity index is 1.99. The third-order valence-corrected chi connectivity index (χ3v) is 5.08. The zero-order chi connectivity index (χ0) is 17.4. The molecule has 1 N–H and O–H groups in total. The van der Waals surface area contributed by atoms with Crippen LogP contribution in [-0.2, 0) is 20.7 Å². The highest BCUT2D eigenvalue weighted by Gasteiger charge is 2.28. The number of carbonyl (C=O) groups is 2. The lowest BCUT2D eigenvalue weighted by molar-refractivity contribution is -0.146. The molecule has 0 saturated carbocycles. The number of hydrogen-bond acceptors (Lipinski definition) is 6. The Morgan fingerprint density at radius 3 is 2.88 bits per heavy atom. The number of carbonyl (C=O) groups excluding carboxylic acids is 2. The number of rotatable bonds is 7. The van der Waals surface area contributed by atoms with Crippen LogP contribution in [0.5, 0.6) is 0 Å². The number of ether oxygens (including phenoxy) is 1. The summed E-state index contributed by atoms with van der Waals surface area (Å²) in [6, 6.07) is 9.75. The van der Waals surface area contributed by atoms with Crippen molar-refractivity contribution >= 4 is 23.7 Å². The van der Waals surface area contributed by atoms with Crippen molar-refractivity contribution in [2.24, 2.45) is 0 Å². The monoisotopic (exact) mass is 350 g/mol. The molecule has 0 aliphatic carbocycles. The van der Waals surface area contributed by atoms with E-state index in [0.717, 1.165) is 12.2 Å². The van der Waals surface area contributed by atoms with Crippen molar-refractivity contribution < 1.29 is 14.3 Å². The van der Waals surface area contributed by atoms with Crippen LogP contribution in [0.25, 0.3) is 0 Å². The Labute approximate surface area is 148 Å². The van der Waals surface area contributed by atoms with Gasteiger partial charge in [-0.2, -0.15) is 4.41 Å². The summed E-state index contributed by atoms with van der Waals surface area (Å²) in [5.74, 6) is 0.776. The van der Waals surface area contributed by atoms with Crippen LogP contribution < -0.4 is 5.43 Å². The van der Waals surface area contributed by atoms with Gasteiger partial charge < -0.3 is 4.74 Å². The molecule has 0 aromatic heterocycles. The van der Waals surface area contributed by atoms with Gasteiger partial charge in [-0.1, -0.05) is 42.3 Å². The van der Waals surface area contributed by atoms with Gasteiger partial charge in [0.05, 0.1) is 6.61 Å². The number of benzene rings is 1. The smallest absolute Gasteiger partial charge is 0.324 e. The normalized spacial score (nSPS) is 20.4. The highest BCUT2D eigenvalue weighted by atomic mass is 32.2. The summed E-state index contributed by atoms with van der Waals surface area (Å²) in [7, 11) is 0. The Hall–Kier alpha value is -1.37. The number of esters is 1. The van der Waals surface area contributed by atoms with E-state index in [-0.39, 0.29) is 17.8 Å². The van der Waals surface area contributed by atoms with Gasteiger partial charge in [0.1, 0.15) is 11.8 Å². The molecule has 1 saturated heterocycles. The molecule has 2 rings (SSSR count). The number of nitrogens with one attached hydrogen (secondary N) is 1. The van der Waals surface area contributed by atoms with Crippen LogP contribution in [-0.4, -0.2) is 40.6 Å². The molecule has 6 heteroatoms. The van der Waals surface area contributed by atoms with Crippen LogP contribution in [0.4, 0.5) is 0 Å². The Bertz CT molecular complexity index is 538. The minimum Gasteiger partial charge on any atom is -0.465 e. The second-order valence-corrected chi connectivity index (χ2v) is 7.02. The summed E-state index contributed by atoms with van der Waals surface area (Å²) in [6.07, 6.45) is 2.54. The van der Waals surface area contributed by atoms with Crippen LogP contribution in [0, 0.1) is 0 Å². The van der Waals surface area contributed by atoms with Gasteiger partial charge in [0, 0.05) is 24.6 Å². The fourth-order valence-corrected chi connectivity index (χ4v) is 3.70. The average molecular weight is 350 g/mol. The molecule has 5 nitrogen and oxygen atoms in total. The van der Waals surface area contributed by atoms with Crippen molar-refractivity contribution in [3.8, 4) is 0 Å². The molecule has 0 radical (unpaired) electrons. The van der Waals surface area contributed by atoms with Gasteiger partial charge in [0.15, 0.2) is 0 Å². The van der Waals surface area contributed by atoms with Crippen molar-refractivity contribution in [1.29, 1.82) is 0 Å². The van der Waals surface area contributed by atoms with Gasteiger partial charge >= 0.3 is 5.97 Å². The second-order valence-electron chi connectivity index (χ2n) is 5.96. The largest absolute Gasteiger partial charge is 0.465 e. The van der Waals surface area contributed by atoms with Gasteiger partial charge in [-0.05, 0) is 32.3 Å². The first-order valence-corrected chi connectivity index (χ1v) is 9.45. The maximum Gasteiger partial charge on any atom is 0.324 e. The number of hydrogen-bond donors (Lipinski definition) is 1. The van der Waals surface area contributed by atoms with E-state index in [1.807, 2.05) is 36.5 Å². The molecule has 0 amide bonds. The molecule has 1 aromatic carbocycles. The maximum absolute atomic E-state index is 12.3. The summed E-state index contributed by atoms with van der Waals surface area (Å²) in [6.45, 7) is 4.18. The minimum atomic E-state index is -0.409. The van der Waals surface area contributed by atoms with E-state index in [1.54, 1.807) is 11.9 Å². The molecule has 0 bridgehead atoms. The van der Waals surface area contributed by atoms with Crippen LogP contribution in [0.15, 0.2) is 30.3 Å². The fourth-order valence-electron chi connectivity index (χ4n) is 2.65. The first-order valence-electron chi connectivity index (χ1n) is 8.50. The van der Waals surface area contributed by atoms with Gasteiger partial charge in [-0.25, -0.2) is 5.43 Å². The molecule has 1 fully saturated rings. The summed E-state index contributed by atoms with van der Waals surface area (Å²) >= 11 is 1.57. The SMILES string of the molecule is CCOC(=O)[C@@H](CCc1ccccc1)NN1SCCC(=O)C[C@H]1C. The van der Waals surface area contributed by atoms with Crippen molar-refractivity contribution in [2.75, 3.05) is 12.4 Å². The molecule has 1 aliphatic rings. The summed E-state index contributed by atoms with van der Waals surface area (Å²) in [4.78, 5) is 24.0. The van der Waals surface area contributed by atoms with E-state index >= 15 is 0 Å². The van der Waals surface area contributed by atoms with Crippen LogP contribution in [0.1, 0.15) is 38.7 Å². The van der Waals surface area contributed by atoms with Crippen molar-refractivity contribution in [3.63, 3.8) is 0 Å². The molecule has 2 atom stereocenters. The number of hydrazine groups is 1. The molecule has 0 spiro atoms. The summed E-state index contributed by atoms with van der Waals surface area (Å²) in [5, 5.41) is 0. The van der Waals surface area contributed by atoms with Crippen molar-refractivity contribution in [1.82, 2.24) is 9.84 Å². The summed E-state index contributed by atoms with van der Waals surface area (Å²) < 4.78 is 7.17. The second kappa shape index (κ2) is 9.81. The lowest BCUT2D eigenvalue weighted by atomic mass is 10.1. The fraction of sp³-hybridized carbons (Fsp3) is 0.556. The molecule has 132 valence electrons. The zero-order valence-corrected chi connectivity index (χ0v) is 15.2. The third-order valence-electron chi connectivity index (χ3n) is 3.95. The van der Waals surface area contributed by atoms with E-state index in [0.29, 0.717) is 25.9 Å². The van der Waals surface area contributed by atoms with Gasteiger partial charge in [-0.3, -0.25) is 9.59 Å². The quantitative estimate of drug-likeness (QED) is 0.603. The third kappa shape index (κ3) is 5.92. The van der Waals surface area contributed by atoms with E-state index in [1.165, 1.54) is 5.56 Å². The first-order chi connectivity index (χ1) is 11.6. The van der Waals surface area contributed by atoms with Crippen LogP contribution in [0.3, 0.4) is 0 Å². The lowest BCUT2D eigenvalue weighted by Crippen LogP contribution is -2.49. The minimum absolute atomic E-state index is 0.0543. The van der Waals surface area contributed by atoms with Crippen molar-refractivity contribution in [2.45, 2.75) is 51.6 Å². The number of aryl methyl sites for hydroxylation is 1. The first kappa shape index (κ1) is 19.0. The van der Waals surface area contributed by atoms with Crippen LogP contribution in [0.2, 0.25) is 0 Å². The van der Waals surface area contributed by atoms with E-state index < -0.39 is 6.04 Å². The highest BCUT2D eigenvalue weighted by Crippen LogP contribution is 2.21. The number of nitrogens with zero attached hydrogens (tertiary/aromatic N) is 1. The van der Waals surface area contributed by atoms with Gasteiger partial charge in [0.2, 0.25) is 0 Å². The van der Waals surface area contributed by atoms with E-state index in [9.17, 15) is 9.59 Å². The zero-order valence-electron chi connectivity index (χ0n) is 14.4. The topological polar surface area (TPSA) is 58.6 Å². The van der Waals surface area contributed by atoms with Gasteiger partial charge in [0.25, 0.3) is 0 Å². The molecule has 1 aliphatic heterocycles. The molecule has 0 unspecified atom stereocenters. The predicted octanol–water partition coefficient (Wildman–Crippen LogP) is 2.76. The lowest BCUT2D eigenvalue weighted by Gasteiger charge is -2.29. The molecule has 1 heterocycles. The number of ketones is 1. The average Bonchev–Trinajstić information content (AvgIpc) is 2.73. The standard InChI is InChI=1S/C18H26N2O3S/c1-3-23-18(22)17(10-9-15-7-5-4-6-8-15)19-20-14(2)13-16(21)11-12-24-20/h4-8,14,17,19H,3,9-13H2,1-2H3/t14-,17-/m1/s1. The molecule has 1 aromatic rings. The number of Topliss-reactive ketones (excluding diaryl/α,β-unsaturated/α-hetero) is 1. The molecule has 24 heavy (non-hydrogen) atoms. The van der Waals surface area contributed by atoms with Crippen molar-refractivity contribution in [3.05, 3.63) is 35.9 Å². The molecular weight excluding hydrogens is 324 g/mol. The Kier molecular flexibility index (Phi) is 7.75. The highest BCUT2D eigenvalue weighted by molar-refractivity contribution is 7.97. The predicted molar refractivity (Wildman–Crippen MR) is 96.3 cm³/mol. The Morgan fingerprint density at radius 2 is 2.17 bits per heavy atom. The molecular formula is C18H26N2O3S. The van der Waals surface area contributed by atoms with E-state index in [2.05, 4.69) is 17.6 Å².